The molecule has 0 radical (unpaired) electrons. The van der Waals surface area contributed by atoms with Crippen molar-refractivity contribution >= 4 is 17.7 Å². The molecule has 1 rings (SSSR count). The monoisotopic (exact) mass is 295 g/mol. The van der Waals surface area contributed by atoms with Crippen molar-refractivity contribution < 1.29 is 24.5 Å². The van der Waals surface area contributed by atoms with Crippen LogP contribution >= 0.6 is 0 Å². The average Bonchev–Trinajstić information content (AvgIpc) is 2.28. The minimum atomic E-state index is -1.07. The number of ether oxygens (including phenoxy) is 1. The lowest BCUT2D eigenvalue weighted by atomic mass is 10.0. The Kier molecular flexibility index (Phi) is 5.32. The van der Waals surface area contributed by atoms with E-state index < -0.39 is 23.8 Å². The second-order valence-electron chi connectivity index (χ2n) is 5.81. The van der Waals surface area contributed by atoms with Crippen LogP contribution in [0.2, 0.25) is 0 Å². The lowest BCUT2D eigenvalue weighted by Crippen LogP contribution is -2.27. The zero-order valence-corrected chi connectivity index (χ0v) is 12.6. The molecule has 0 fully saturated rings. The third-order valence-corrected chi connectivity index (χ3v) is 2.64. The third-order valence-electron chi connectivity index (χ3n) is 2.64. The topological polar surface area (TPSA) is 95.9 Å². The highest BCUT2D eigenvalue weighted by Gasteiger charge is 2.17. The molecule has 1 atom stereocenters. The van der Waals surface area contributed by atoms with Crippen LogP contribution in [-0.2, 0) is 9.53 Å². The number of hydrogen-bond donors (Lipinski definition) is 3. The first-order valence-electron chi connectivity index (χ1n) is 6.59. The molecule has 6 heteroatoms. The fraction of sp³-hybridized carbons (Fsp3) is 0.467. The van der Waals surface area contributed by atoms with Crippen LogP contribution in [0, 0.1) is 6.92 Å². The first-order valence-corrected chi connectivity index (χ1v) is 6.59. The maximum atomic E-state index is 11.7. The molecule has 0 spiro atoms. The molecule has 0 aliphatic carbocycles. The molecular weight excluding hydrogens is 274 g/mol. The molecule has 1 amide bonds. The van der Waals surface area contributed by atoms with E-state index in [1.807, 2.05) is 0 Å². The number of anilines is 1. The third kappa shape index (κ3) is 5.83. The standard InChI is InChI=1S/C15H21NO5/c1-9-7-10(12(17)8-13(18)19)5-6-11(9)16-14(20)21-15(2,3)4/h5-7,12,17H,8H2,1-4H3,(H,16,20)(H,18,19)/t12-/m1/s1. The average molecular weight is 295 g/mol. The maximum Gasteiger partial charge on any atom is 0.412 e. The number of benzene rings is 1. The van der Waals surface area contributed by atoms with E-state index in [4.69, 9.17) is 9.84 Å². The number of carboxylic acids is 1. The fourth-order valence-corrected chi connectivity index (χ4v) is 1.73. The number of aliphatic carboxylic acids is 1. The summed E-state index contributed by atoms with van der Waals surface area (Å²) in [5, 5.41) is 21.0. The molecule has 1 aromatic rings. The van der Waals surface area contributed by atoms with E-state index in [9.17, 15) is 14.7 Å². The molecule has 21 heavy (non-hydrogen) atoms. The van der Waals surface area contributed by atoms with Gasteiger partial charge >= 0.3 is 12.1 Å². The molecule has 0 heterocycles. The summed E-state index contributed by atoms with van der Waals surface area (Å²) in [6.45, 7) is 7.06. The van der Waals surface area contributed by atoms with Gasteiger partial charge in [0.25, 0.3) is 0 Å². The van der Waals surface area contributed by atoms with E-state index in [2.05, 4.69) is 5.32 Å². The zero-order valence-electron chi connectivity index (χ0n) is 12.6. The number of aryl methyl sites for hydroxylation is 1. The number of carboxylic acid groups (broad SMARTS) is 1. The molecule has 1 aromatic carbocycles. The van der Waals surface area contributed by atoms with Crippen molar-refractivity contribution in [3.63, 3.8) is 0 Å². The van der Waals surface area contributed by atoms with Crippen molar-refractivity contribution in [2.75, 3.05) is 5.32 Å². The first-order chi connectivity index (χ1) is 9.58. The van der Waals surface area contributed by atoms with Crippen molar-refractivity contribution in [3.8, 4) is 0 Å². The highest BCUT2D eigenvalue weighted by Crippen LogP contribution is 2.23. The maximum absolute atomic E-state index is 11.7. The van der Waals surface area contributed by atoms with Crippen LogP contribution in [0.3, 0.4) is 0 Å². The summed E-state index contributed by atoms with van der Waals surface area (Å²) < 4.78 is 5.15. The Labute approximate surface area is 123 Å². The predicted octanol–water partition coefficient (Wildman–Crippen LogP) is 2.85. The van der Waals surface area contributed by atoms with Gasteiger partial charge in [0.1, 0.15) is 5.60 Å². The minimum Gasteiger partial charge on any atom is -0.481 e. The Morgan fingerprint density at radius 2 is 1.95 bits per heavy atom. The molecule has 0 unspecified atom stereocenters. The molecule has 116 valence electrons. The van der Waals surface area contributed by atoms with Gasteiger partial charge in [0, 0.05) is 5.69 Å². The number of carbonyl (C=O) groups excluding carboxylic acids is 1. The van der Waals surface area contributed by atoms with Gasteiger partial charge in [0.15, 0.2) is 0 Å². The first kappa shape index (κ1) is 17.0. The summed E-state index contributed by atoms with van der Waals surface area (Å²) >= 11 is 0. The molecule has 0 saturated carbocycles. The van der Waals surface area contributed by atoms with Crippen LogP contribution in [0.4, 0.5) is 10.5 Å². The Morgan fingerprint density at radius 1 is 1.33 bits per heavy atom. The summed E-state index contributed by atoms with van der Waals surface area (Å²) in [4.78, 5) is 22.3. The molecule has 6 nitrogen and oxygen atoms in total. The van der Waals surface area contributed by atoms with Gasteiger partial charge in [-0.15, -0.1) is 0 Å². The lowest BCUT2D eigenvalue weighted by Gasteiger charge is -2.20. The van der Waals surface area contributed by atoms with Gasteiger partial charge in [0.2, 0.25) is 0 Å². The summed E-state index contributed by atoms with van der Waals surface area (Å²) in [5.74, 6) is -1.07. The number of aliphatic hydroxyl groups excluding tert-OH is 1. The van der Waals surface area contributed by atoms with Crippen LogP contribution in [0.5, 0.6) is 0 Å². The molecule has 0 bridgehead atoms. The van der Waals surface area contributed by atoms with E-state index in [1.165, 1.54) is 0 Å². The number of hydrogen-bond acceptors (Lipinski definition) is 4. The highest BCUT2D eigenvalue weighted by atomic mass is 16.6. The molecule has 3 N–H and O–H groups in total. The largest absolute Gasteiger partial charge is 0.481 e. The summed E-state index contributed by atoms with van der Waals surface area (Å²) in [6, 6.07) is 4.83. The number of aliphatic hydroxyl groups is 1. The number of nitrogens with one attached hydrogen (secondary N) is 1. The van der Waals surface area contributed by atoms with Gasteiger partial charge in [0.05, 0.1) is 12.5 Å². The van der Waals surface area contributed by atoms with Gasteiger partial charge in [-0.3, -0.25) is 10.1 Å². The van der Waals surface area contributed by atoms with Crippen molar-refractivity contribution in [1.82, 2.24) is 0 Å². The Bertz CT molecular complexity index is 533. The highest BCUT2D eigenvalue weighted by molar-refractivity contribution is 5.86. The van der Waals surface area contributed by atoms with E-state index >= 15 is 0 Å². The van der Waals surface area contributed by atoms with Gasteiger partial charge < -0.3 is 14.9 Å². The molecule has 0 aliphatic heterocycles. The number of rotatable bonds is 4. The summed E-state index contributed by atoms with van der Waals surface area (Å²) in [6.07, 6.45) is -2.00. The normalized spacial score (nSPS) is 12.6. The molecule has 0 aromatic heterocycles. The zero-order chi connectivity index (χ0) is 16.2. The van der Waals surface area contributed by atoms with Crippen LogP contribution in [0.15, 0.2) is 18.2 Å². The fourth-order valence-electron chi connectivity index (χ4n) is 1.73. The van der Waals surface area contributed by atoms with Crippen molar-refractivity contribution in [2.45, 2.75) is 45.8 Å². The van der Waals surface area contributed by atoms with Crippen LogP contribution in [0.1, 0.15) is 44.4 Å². The molecule has 0 saturated heterocycles. The van der Waals surface area contributed by atoms with Crippen LogP contribution in [0.25, 0.3) is 0 Å². The van der Waals surface area contributed by atoms with Crippen molar-refractivity contribution in [3.05, 3.63) is 29.3 Å². The SMILES string of the molecule is Cc1cc([C@H](O)CC(=O)O)ccc1NC(=O)OC(C)(C)C. The van der Waals surface area contributed by atoms with E-state index in [1.54, 1.807) is 45.9 Å². The Hall–Kier alpha value is -2.08. The minimum absolute atomic E-state index is 0.363. The quantitative estimate of drug-likeness (QED) is 0.793. The van der Waals surface area contributed by atoms with Crippen molar-refractivity contribution in [2.24, 2.45) is 0 Å². The van der Waals surface area contributed by atoms with Crippen LogP contribution < -0.4 is 5.32 Å². The number of amides is 1. The van der Waals surface area contributed by atoms with Gasteiger partial charge in [-0.2, -0.15) is 0 Å². The predicted molar refractivity (Wildman–Crippen MR) is 78.2 cm³/mol. The van der Waals surface area contributed by atoms with E-state index in [0.717, 1.165) is 0 Å². The van der Waals surface area contributed by atoms with Crippen LogP contribution in [-0.4, -0.2) is 27.9 Å². The molecular formula is C15H21NO5. The summed E-state index contributed by atoms with van der Waals surface area (Å²) in [5.41, 5.74) is 1.17. The van der Waals surface area contributed by atoms with Gasteiger partial charge in [-0.1, -0.05) is 12.1 Å². The Balaban J connectivity index is 2.79. The Morgan fingerprint density at radius 3 is 2.43 bits per heavy atom. The lowest BCUT2D eigenvalue weighted by molar-refractivity contribution is -0.139. The molecule has 0 aliphatic rings. The second kappa shape index (κ2) is 6.58. The smallest absolute Gasteiger partial charge is 0.412 e. The van der Waals surface area contributed by atoms with Gasteiger partial charge in [-0.25, -0.2) is 4.79 Å². The van der Waals surface area contributed by atoms with Crippen molar-refractivity contribution in [1.29, 1.82) is 0 Å². The number of carbonyl (C=O) groups is 2. The summed E-state index contributed by atoms with van der Waals surface area (Å²) in [7, 11) is 0. The second-order valence-corrected chi connectivity index (χ2v) is 5.81. The van der Waals surface area contributed by atoms with E-state index in [-0.39, 0.29) is 6.42 Å². The van der Waals surface area contributed by atoms with E-state index in [0.29, 0.717) is 16.8 Å². The van der Waals surface area contributed by atoms with Gasteiger partial charge in [-0.05, 0) is 44.9 Å².